The van der Waals surface area contributed by atoms with E-state index in [-0.39, 0.29) is 35.9 Å². The van der Waals surface area contributed by atoms with Gasteiger partial charge in [0.05, 0.1) is 36.3 Å². The fourth-order valence-corrected chi connectivity index (χ4v) is 5.75. The van der Waals surface area contributed by atoms with Gasteiger partial charge < -0.3 is 14.7 Å². The van der Waals surface area contributed by atoms with Crippen LogP contribution in [0, 0.1) is 11.7 Å². The first-order valence-corrected chi connectivity index (χ1v) is 13.7. The smallest absolute Gasteiger partial charge is 0.264 e. The molecule has 0 spiro atoms. The van der Waals surface area contributed by atoms with Crippen LogP contribution < -0.4 is 10.3 Å². The Hall–Kier alpha value is -4.12. The molecular weight excluding hydrogens is 515 g/mol. The molecule has 10 nitrogen and oxygen atoms in total. The summed E-state index contributed by atoms with van der Waals surface area (Å²) >= 11 is 0. The molecule has 0 unspecified atom stereocenters. The van der Waals surface area contributed by atoms with Crippen molar-refractivity contribution in [2.45, 2.75) is 56.8 Å². The van der Waals surface area contributed by atoms with Crippen LogP contribution in [-0.4, -0.2) is 65.0 Å². The van der Waals surface area contributed by atoms with E-state index < -0.39 is 5.60 Å². The number of likely N-dealkylation sites (tertiary alicyclic amines) is 1. The first-order chi connectivity index (χ1) is 19.4. The molecule has 6 rings (SSSR count). The van der Waals surface area contributed by atoms with Gasteiger partial charge in [-0.25, -0.2) is 14.1 Å². The van der Waals surface area contributed by atoms with Gasteiger partial charge in [0, 0.05) is 25.2 Å². The van der Waals surface area contributed by atoms with Gasteiger partial charge in [0.25, 0.3) is 5.56 Å². The molecular formula is C29H31FN6O4. The Labute approximate surface area is 230 Å². The maximum atomic E-state index is 13.3. The van der Waals surface area contributed by atoms with Gasteiger partial charge in [-0.05, 0) is 74.9 Å². The average Bonchev–Trinajstić information content (AvgIpc) is 3.41. The zero-order valence-corrected chi connectivity index (χ0v) is 22.0. The number of amides is 1. The molecule has 11 heteroatoms. The Balaban J connectivity index is 1.05. The van der Waals surface area contributed by atoms with Crippen molar-refractivity contribution >= 4 is 16.9 Å². The number of ether oxygens (including phenoxy) is 1. The standard InChI is InChI=1S/C29H31FN6O4/c30-21-5-7-22(8-6-21)36-26-25(17-33-36)28(38)35(19-32-26)18-29(39)11-14-34(15-12-29)27(37)20-3-9-23(10-4-20)40-24-2-1-13-31-16-24/h1-2,5-8,13,16-17,19-20,23,39H,3-4,9-12,14-15,18H2. The SMILES string of the molecule is O=C(C1CCC(Oc2cccnc2)CC1)N1CCC(O)(Cn2cnc3c(cnn3-c3ccc(F)cc3)c2=O)CC1. The molecule has 1 N–H and O–H groups in total. The highest BCUT2D eigenvalue weighted by Gasteiger charge is 2.37. The maximum Gasteiger partial charge on any atom is 0.264 e. The lowest BCUT2D eigenvalue weighted by atomic mass is 9.85. The van der Waals surface area contributed by atoms with E-state index in [9.17, 15) is 19.1 Å². The van der Waals surface area contributed by atoms with Crippen LogP contribution in [0.2, 0.25) is 0 Å². The summed E-state index contributed by atoms with van der Waals surface area (Å²) < 4.78 is 22.2. The van der Waals surface area contributed by atoms with E-state index in [2.05, 4.69) is 15.1 Å². The van der Waals surface area contributed by atoms with Gasteiger partial charge in [0.1, 0.15) is 23.3 Å². The van der Waals surface area contributed by atoms with Crippen molar-refractivity contribution in [1.29, 1.82) is 0 Å². The summed E-state index contributed by atoms with van der Waals surface area (Å²) in [5, 5.41) is 15.9. The summed E-state index contributed by atoms with van der Waals surface area (Å²) in [4.78, 5) is 36.8. The maximum absolute atomic E-state index is 13.3. The predicted molar refractivity (Wildman–Crippen MR) is 144 cm³/mol. The topological polar surface area (TPSA) is 115 Å². The molecule has 0 radical (unpaired) electrons. The highest BCUT2D eigenvalue weighted by atomic mass is 19.1. The van der Waals surface area contributed by atoms with E-state index in [1.54, 1.807) is 24.5 Å². The Morgan fingerprint density at radius 1 is 1.07 bits per heavy atom. The molecule has 4 heterocycles. The van der Waals surface area contributed by atoms with Crippen molar-refractivity contribution < 1.29 is 19.0 Å². The molecule has 0 bridgehead atoms. The average molecular weight is 547 g/mol. The van der Waals surface area contributed by atoms with Gasteiger partial charge in [-0.15, -0.1) is 0 Å². The fourth-order valence-electron chi connectivity index (χ4n) is 5.75. The zero-order chi connectivity index (χ0) is 27.7. The molecule has 1 aliphatic heterocycles. The number of fused-ring (bicyclic) bond motifs is 1. The summed E-state index contributed by atoms with van der Waals surface area (Å²) in [5.74, 6) is 0.486. The number of pyridine rings is 1. The minimum atomic E-state index is -1.13. The number of rotatable bonds is 6. The van der Waals surface area contributed by atoms with Gasteiger partial charge in [-0.1, -0.05) is 0 Å². The summed E-state index contributed by atoms with van der Waals surface area (Å²) in [7, 11) is 0. The molecule has 2 aliphatic rings. The van der Waals surface area contributed by atoms with E-state index in [1.165, 1.54) is 33.9 Å². The van der Waals surface area contributed by atoms with Crippen molar-refractivity contribution in [2.75, 3.05) is 13.1 Å². The number of aliphatic hydroxyl groups is 1. The Bertz CT molecular complexity index is 1540. The van der Waals surface area contributed by atoms with Crippen molar-refractivity contribution in [3.05, 3.63) is 77.5 Å². The van der Waals surface area contributed by atoms with Crippen molar-refractivity contribution in [1.82, 2.24) is 29.2 Å². The Morgan fingerprint density at radius 2 is 1.82 bits per heavy atom. The third-order valence-corrected chi connectivity index (χ3v) is 8.06. The van der Waals surface area contributed by atoms with E-state index in [0.717, 1.165) is 31.4 Å². The number of carbonyl (C=O) groups is 1. The Morgan fingerprint density at radius 3 is 2.52 bits per heavy atom. The number of carbonyl (C=O) groups excluding carboxylic acids is 1. The molecule has 1 aromatic carbocycles. The third-order valence-electron chi connectivity index (χ3n) is 8.06. The molecule has 1 amide bonds. The second-order valence-corrected chi connectivity index (χ2v) is 10.8. The van der Waals surface area contributed by atoms with Crippen LogP contribution in [0.25, 0.3) is 16.7 Å². The van der Waals surface area contributed by atoms with Gasteiger partial charge in [-0.3, -0.25) is 19.1 Å². The van der Waals surface area contributed by atoms with Gasteiger partial charge in [0.15, 0.2) is 5.65 Å². The van der Waals surface area contributed by atoms with Crippen molar-refractivity contribution in [3.63, 3.8) is 0 Å². The highest BCUT2D eigenvalue weighted by molar-refractivity contribution is 5.79. The molecule has 3 aromatic heterocycles. The van der Waals surface area contributed by atoms with Gasteiger partial charge in [-0.2, -0.15) is 5.10 Å². The van der Waals surface area contributed by atoms with E-state index >= 15 is 0 Å². The van der Waals surface area contributed by atoms with Crippen molar-refractivity contribution in [2.24, 2.45) is 5.92 Å². The number of halogens is 1. The quantitative estimate of drug-likeness (QED) is 0.395. The highest BCUT2D eigenvalue weighted by Crippen LogP contribution is 2.31. The first kappa shape index (κ1) is 26.1. The Kier molecular flexibility index (Phi) is 7.05. The fraction of sp³-hybridized carbons (Fsp3) is 0.414. The van der Waals surface area contributed by atoms with E-state index in [1.807, 2.05) is 17.0 Å². The molecule has 0 atom stereocenters. The minimum Gasteiger partial charge on any atom is -0.489 e. The molecule has 1 saturated carbocycles. The van der Waals surface area contributed by atoms with Crippen LogP contribution in [0.5, 0.6) is 5.75 Å². The summed E-state index contributed by atoms with van der Waals surface area (Å²) in [6.07, 6.45) is 10.3. The molecule has 1 aliphatic carbocycles. The molecule has 208 valence electrons. The van der Waals surface area contributed by atoms with Crippen LogP contribution in [0.3, 0.4) is 0 Å². The summed E-state index contributed by atoms with van der Waals surface area (Å²) in [6, 6.07) is 9.50. The van der Waals surface area contributed by atoms with Crippen LogP contribution in [0.1, 0.15) is 38.5 Å². The number of hydrogen-bond acceptors (Lipinski definition) is 7. The number of nitrogens with zero attached hydrogens (tertiary/aromatic N) is 6. The lowest BCUT2D eigenvalue weighted by Crippen LogP contribution is -2.51. The van der Waals surface area contributed by atoms with Gasteiger partial charge in [0.2, 0.25) is 5.91 Å². The lowest BCUT2D eigenvalue weighted by molar-refractivity contribution is -0.141. The minimum absolute atomic E-state index is 0.0354. The number of benzene rings is 1. The second-order valence-electron chi connectivity index (χ2n) is 10.8. The predicted octanol–water partition coefficient (Wildman–Crippen LogP) is 3.11. The van der Waals surface area contributed by atoms with Crippen molar-refractivity contribution in [3.8, 4) is 11.4 Å². The summed E-state index contributed by atoms with van der Waals surface area (Å²) in [6.45, 7) is 0.956. The monoisotopic (exact) mass is 546 g/mol. The summed E-state index contributed by atoms with van der Waals surface area (Å²) in [5.41, 5.74) is -0.486. The van der Waals surface area contributed by atoms with Gasteiger partial charge >= 0.3 is 0 Å². The van der Waals surface area contributed by atoms with Crippen LogP contribution in [0.15, 0.2) is 66.1 Å². The molecule has 2 fully saturated rings. The number of piperidine rings is 1. The third kappa shape index (κ3) is 5.33. The van der Waals surface area contributed by atoms with E-state index in [0.29, 0.717) is 42.7 Å². The number of hydrogen-bond donors (Lipinski definition) is 1. The normalized spacial score (nSPS) is 20.9. The van der Waals surface area contributed by atoms with Crippen LogP contribution >= 0.6 is 0 Å². The van der Waals surface area contributed by atoms with E-state index in [4.69, 9.17) is 4.74 Å². The first-order valence-electron chi connectivity index (χ1n) is 13.7. The second kappa shape index (κ2) is 10.8. The molecule has 40 heavy (non-hydrogen) atoms. The molecule has 4 aromatic rings. The van der Waals surface area contributed by atoms with Crippen LogP contribution in [0.4, 0.5) is 4.39 Å². The molecule has 1 saturated heterocycles. The van der Waals surface area contributed by atoms with Crippen LogP contribution in [-0.2, 0) is 11.3 Å². The lowest BCUT2D eigenvalue weighted by Gasteiger charge is -2.40. The number of aromatic nitrogens is 5. The zero-order valence-electron chi connectivity index (χ0n) is 22.0. The largest absolute Gasteiger partial charge is 0.489 e.